The van der Waals surface area contributed by atoms with E-state index in [1.807, 2.05) is 48.5 Å². The summed E-state index contributed by atoms with van der Waals surface area (Å²) in [5.74, 6) is 0.610. The van der Waals surface area contributed by atoms with Crippen molar-refractivity contribution in [3.8, 4) is 11.5 Å². The Bertz CT molecular complexity index is 2060. The SMILES string of the molecule is COc1ccc(C(=O)Nc2ccc(CN3C(=O)[C@]4(O[C@H](CC(=O)N5CCC[C@H]5CO)[C@@H]([Si](C)(C)c5ccc(OC)cc5)[C@@H]4C)c4cc(Cl)ccc43)cc2)cc1. The lowest BCUT2D eigenvalue weighted by Crippen LogP contribution is -2.52. The van der Waals surface area contributed by atoms with Crippen LogP contribution in [0.4, 0.5) is 11.4 Å². The normalized spacial score (nSPS) is 23.3. The van der Waals surface area contributed by atoms with Gasteiger partial charge in [0.25, 0.3) is 11.8 Å². The first-order valence-electron chi connectivity index (χ1n) is 18.8. The number of carbonyl (C=O) groups excluding carboxylic acids is 3. The summed E-state index contributed by atoms with van der Waals surface area (Å²) in [5.41, 5.74) is 1.90. The molecule has 288 valence electrons. The van der Waals surface area contributed by atoms with Gasteiger partial charge in [-0.2, -0.15) is 0 Å². The van der Waals surface area contributed by atoms with Gasteiger partial charge in [-0.1, -0.05) is 61.1 Å². The fourth-order valence-electron chi connectivity index (χ4n) is 9.11. The van der Waals surface area contributed by atoms with E-state index in [1.165, 1.54) is 5.19 Å². The van der Waals surface area contributed by atoms with E-state index >= 15 is 4.79 Å². The van der Waals surface area contributed by atoms with Crippen molar-refractivity contribution in [3.05, 3.63) is 113 Å². The summed E-state index contributed by atoms with van der Waals surface area (Å²) >= 11 is 6.68. The van der Waals surface area contributed by atoms with Gasteiger partial charge < -0.3 is 34.4 Å². The zero-order chi connectivity index (χ0) is 39.1. The Morgan fingerprint density at radius 1 is 0.964 bits per heavy atom. The molecule has 55 heavy (non-hydrogen) atoms. The lowest BCUT2D eigenvalue weighted by atomic mass is 9.82. The van der Waals surface area contributed by atoms with Crippen molar-refractivity contribution < 1.29 is 33.7 Å². The molecule has 0 radical (unpaired) electrons. The quantitative estimate of drug-likeness (QED) is 0.162. The first-order chi connectivity index (χ1) is 26.4. The van der Waals surface area contributed by atoms with Gasteiger partial charge >= 0.3 is 0 Å². The molecule has 3 aliphatic heterocycles. The number of carbonyl (C=O) groups is 3. The van der Waals surface area contributed by atoms with Crippen molar-refractivity contribution in [3.63, 3.8) is 0 Å². The molecule has 5 atom stereocenters. The Morgan fingerprint density at radius 3 is 2.25 bits per heavy atom. The monoisotopic (exact) mass is 781 g/mol. The molecule has 3 aliphatic rings. The summed E-state index contributed by atoms with van der Waals surface area (Å²) in [7, 11) is 0.732. The van der Waals surface area contributed by atoms with Crippen molar-refractivity contribution in [2.75, 3.05) is 37.6 Å². The highest BCUT2D eigenvalue weighted by Crippen LogP contribution is 2.60. The van der Waals surface area contributed by atoms with E-state index in [9.17, 15) is 14.7 Å². The molecule has 2 N–H and O–H groups in total. The number of amides is 3. The molecule has 0 aliphatic carbocycles. The van der Waals surface area contributed by atoms with E-state index in [1.54, 1.807) is 54.4 Å². The predicted octanol–water partition coefficient (Wildman–Crippen LogP) is 6.75. The highest BCUT2D eigenvalue weighted by molar-refractivity contribution is 6.91. The van der Waals surface area contributed by atoms with Gasteiger partial charge in [-0.25, -0.2) is 0 Å². The first-order valence-corrected chi connectivity index (χ1v) is 22.3. The first kappa shape index (κ1) is 38.6. The molecule has 0 bridgehead atoms. The lowest BCUT2D eigenvalue weighted by molar-refractivity contribution is -0.150. The number of nitrogens with one attached hydrogen (secondary N) is 1. The van der Waals surface area contributed by atoms with Crippen molar-refractivity contribution in [2.45, 2.75) is 69.1 Å². The third-order valence-electron chi connectivity index (χ3n) is 12.0. The zero-order valence-electron chi connectivity index (χ0n) is 31.9. The number of halogens is 1. The molecule has 10 nitrogen and oxygen atoms in total. The van der Waals surface area contributed by atoms with Gasteiger partial charge in [0.1, 0.15) is 11.5 Å². The molecule has 0 aromatic heterocycles. The summed E-state index contributed by atoms with van der Waals surface area (Å²) in [5, 5.41) is 14.7. The number of hydrogen-bond acceptors (Lipinski definition) is 7. The number of benzene rings is 4. The maximum absolute atomic E-state index is 15.2. The van der Waals surface area contributed by atoms with Crippen molar-refractivity contribution in [1.82, 2.24) is 4.90 Å². The lowest BCUT2D eigenvalue weighted by Gasteiger charge is -2.37. The number of hydrogen-bond donors (Lipinski definition) is 2. The van der Waals surface area contributed by atoms with Gasteiger partial charge in [0.05, 0.1) is 59.7 Å². The standard InChI is InChI=1S/C43H48ClN3O7Si/c1-27-40(55(4,5)35-19-17-34(53-3)18-20-35)38(24-39(49)46-22-6-7-32(46)26-48)54-43(27)36-23-30(44)12-21-37(36)47(42(43)51)25-28-8-13-31(14-9-28)45-41(50)29-10-15-33(52-2)16-11-29/h8-21,23,27,32,38,40,48H,6-7,22,24-26H2,1-5H3,(H,45,50)/t27-,32-,38+,40-,43+/m0/s1. The average molecular weight is 782 g/mol. The fraction of sp³-hybridized carbons (Fsp3) is 0.372. The summed E-state index contributed by atoms with van der Waals surface area (Å²) in [4.78, 5) is 45.7. The van der Waals surface area contributed by atoms with E-state index in [-0.39, 0.29) is 54.8 Å². The molecule has 4 aromatic rings. The second kappa shape index (κ2) is 15.5. The van der Waals surface area contributed by atoms with Crippen LogP contribution >= 0.6 is 11.6 Å². The average Bonchev–Trinajstić information content (AvgIpc) is 3.86. The Hall–Kier alpha value is -4.68. The number of aliphatic hydroxyl groups excluding tert-OH is 1. The van der Waals surface area contributed by atoms with Gasteiger partial charge in [0.15, 0.2) is 5.60 Å². The highest BCUT2D eigenvalue weighted by Gasteiger charge is 2.66. The number of fused-ring (bicyclic) bond motifs is 2. The third-order valence-corrected chi connectivity index (χ3v) is 16.6. The molecule has 7 rings (SSSR count). The van der Waals surface area contributed by atoms with Gasteiger partial charge in [-0.15, -0.1) is 0 Å². The van der Waals surface area contributed by atoms with E-state index in [2.05, 4.69) is 37.5 Å². The predicted molar refractivity (Wildman–Crippen MR) is 216 cm³/mol. The molecule has 2 fully saturated rings. The van der Waals surface area contributed by atoms with Crippen molar-refractivity contribution in [1.29, 1.82) is 0 Å². The minimum absolute atomic E-state index is 0.0666. The zero-order valence-corrected chi connectivity index (χ0v) is 33.6. The molecular formula is C43H48ClN3O7Si. The molecule has 4 aromatic carbocycles. The summed E-state index contributed by atoms with van der Waals surface area (Å²) in [6, 6.07) is 27.7. The van der Waals surface area contributed by atoms with Crippen LogP contribution in [0, 0.1) is 5.92 Å². The minimum atomic E-state index is -2.49. The summed E-state index contributed by atoms with van der Waals surface area (Å²) in [6.07, 6.45) is 1.15. The molecule has 0 unspecified atom stereocenters. The molecule has 12 heteroatoms. The smallest absolute Gasteiger partial charge is 0.264 e. The highest BCUT2D eigenvalue weighted by atomic mass is 35.5. The van der Waals surface area contributed by atoms with Crippen LogP contribution in [0.5, 0.6) is 11.5 Å². The second-order valence-electron chi connectivity index (χ2n) is 15.4. The van der Waals surface area contributed by atoms with Crippen LogP contribution in [0.3, 0.4) is 0 Å². The van der Waals surface area contributed by atoms with E-state index in [0.29, 0.717) is 39.8 Å². The summed E-state index contributed by atoms with van der Waals surface area (Å²) in [6.45, 7) is 7.43. The molecule has 3 heterocycles. The molecule has 3 amide bonds. The van der Waals surface area contributed by atoms with E-state index < -0.39 is 19.8 Å². The van der Waals surface area contributed by atoms with Crippen molar-refractivity contribution in [2.24, 2.45) is 5.92 Å². The van der Waals surface area contributed by atoms with Crippen LogP contribution in [0.25, 0.3) is 0 Å². The van der Waals surface area contributed by atoms with Gasteiger partial charge in [0.2, 0.25) is 5.91 Å². The Labute approximate surface area is 328 Å². The molecular weight excluding hydrogens is 734 g/mol. The Kier molecular flexibility index (Phi) is 10.8. The number of ether oxygens (including phenoxy) is 3. The third kappa shape index (κ3) is 7.03. The van der Waals surface area contributed by atoms with Crippen LogP contribution in [-0.4, -0.2) is 75.3 Å². The van der Waals surface area contributed by atoms with Crippen LogP contribution < -0.4 is 24.9 Å². The number of anilines is 2. The Morgan fingerprint density at radius 2 is 1.62 bits per heavy atom. The van der Waals surface area contributed by atoms with Gasteiger partial charge in [0, 0.05) is 34.3 Å². The van der Waals surface area contributed by atoms with Gasteiger partial charge in [-0.3, -0.25) is 14.4 Å². The van der Waals surface area contributed by atoms with E-state index in [0.717, 1.165) is 24.2 Å². The Balaban J connectivity index is 1.20. The number of rotatable bonds is 11. The second-order valence-corrected chi connectivity index (χ2v) is 20.5. The maximum atomic E-state index is 15.2. The molecule has 2 saturated heterocycles. The number of likely N-dealkylation sites (tertiary alicyclic amines) is 1. The molecule has 1 spiro atoms. The van der Waals surface area contributed by atoms with Crippen LogP contribution in [0.1, 0.15) is 47.7 Å². The van der Waals surface area contributed by atoms with Crippen molar-refractivity contribution >= 4 is 54.0 Å². The number of nitrogens with zero attached hydrogens (tertiary/aromatic N) is 2. The minimum Gasteiger partial charge on any atom is -0.497 e. The largest absolute Gasteiger partial charge is 0.497 e. The number of aliphatic hydroxyl groups is 1. The maximum Gasteiger partial charge on any atom is 0.264 e. The van der Waals surface area contributed by atoms with E-state index in [4.69, 9.17) is 25.8 Å². The summed E-state index contributed by atoms with van der Waals surface area (Å²) < 4.78 is 17.8. The van der Waals surface area contributed by atoms with Crippen LogP contribution in [0.2, 0.25) is 23.7 Å². The topological polar surface area (TPSA) is 118 Å². The fourth-order valence-corrected chi connectivity index (χ4v) is 13.3. The van der Waals surface area contributed by atoms with Crippen LogP contribution in [0.15, 0.2) is 91.0 Å². The van der Waals surface area contributed by atoms with Gasteiger partial charge in [-0.05, 0) is 90.7 Å². The number of methoxy groups -OCH3 is 2. The molecule has 0 saturated carbocycles. The van der Waals surface area contributed by atoms with Crippen LogP contribution in [-0.2, 0) is 26.5 Å².